The minimum Gasteiger partial charge on any atom is -0.875 e. The van der Waals surface area contributed by atoms with Gasteiger partial charge in [0.2, 0.25) is 0 Å². The summed E-state index contributed by atoms with van der Waals surface area (Å²) in [7, 11) is 0. The number of nitrogen functional groups attached to an aromatic ring is 1. The number of nitrogens with one attached hydrogen (secondary N) is 2. The molecule has 162 valence electrons. The zero-order valence-electron chi connectivity index (χ0n) is 19.4. The van der Waals surface area contributed by atoms with E-state index in [1.807, 2.05) is 0 Å². The van der Waals surface area contributed by atoms with E-state index in [1.54, 1.807) is 24.6 Å². The molecule has 0 unspecified atom stereocenters. The van der Waals surface area contributed by atoms with Crippen LogP contribution in [0.4, 0.5) is 5.82 Å². The largest absolute Gasteiger partial charge is 1.00 e. The van der Waals surface area contributed by atoms with Crippen LogP contribution < -0.4 is 48.8 Å². The maximum absolute atomic E-state index is 11.9. The maximum Gasteiger partial charge on any atom is 1.00 e. The Balaban J connectivity index is 0. The van der Waals surface area contributed by atoms with Crippen LogP contribution in [0.25, 0.3) is 5.41 Å². The standard InChI is InChI=1S/C14H14N2OS.C8H10N3.CH3.2Li/c1-3-11-9(2)18-8-12(11)14(17)16-7-6-13(15)10-4-5-10;1-5-3-7(6(2)9)8(10)11-4-5;;;/h6,8,10H,1-5H2,(H,16,17);3-4,9H,1H2,2H3,(H2,10,11);1H3;;/q-4;2*-1;2*+1. The van der Waals surface area contributed by atoms with E-state index in [1.165, 1.54) is 17.4 Å². The molecule has 0 bridgehead atoms. The maximum atomic E-state index is 11.9. The summed E-state index contributed by atoms with van der Waals surface area (Å²) in [6.07, 6.45) is 8.19. The van der Waals surface area contributed by atoms with Crippen LogP contribution in [0.3, 0.4) is 0 Å². The SMILES string of the molecule is [CH2-]Cc1c(C(=O)N[C-]=CC(=[N-])C2CC2)csc1[CH2-].[CH2-]c1cnc(N)c(C(C)=N)c1.[CH3-].[Li+].[Li+]. The second-order valence-electron chi connectivity index (χ2n) is 6.64. The minimum atomic E-state index is -0.236. The second-order valence-corrected chi connectivity index (χ2v) is 7.61. The van der Waals surface area contributed by atoms with Crippen LogP contribution in [0.5, 0.6) is 0 Å². The summed E-state index contributed by atoms with van der Waals surface area (Å²) in [5.41, 5.74) is 9.12. The number of rotatable bonds is 6. The number of hydrogen-bond donors (Lipinski definition) is 3. The van der Waals surface area contributed by atoms with Gasteiger partial charge in [0.1, 0.15) is 11.7 Å². The number of nitrogens with two attached hydrogens (primary N) is 1. The number of anilines is 1. The third-order valence-electron chi connectivity index (χ3n) is 4.26. The molecule has 1 fully saturated rings. The molecular formula is C23H27Li2N5OS-4. The number of pyridine rings is 1. The van der Waals surface area contributed by atoms with E-state index in [2.05, 4.69) is 37.3 Å². The first kappa shape index (κ1) is 32.3. The average Bonchev–Trinajstić information content (AvgIpc) is 3.46. The molecule has 0 radical (unpaired) electrons. The summed E-state index contributed by atoms with van der Waals surface area (Å²) in [5.74, 6) is 0.418. The first-order chi connectivity index (χ1) is 13.7. The molecule has 2 aromatic rings. The second kappa shape index (κ2) is 15.1. The molecule has 1 amide bonds. The zero-order chi connectivity index (χ0) is 21.6. The molecule has 0 atom stereocenters. The molecule has 4 N–H and O–H groups in total. The van der Waals surface area contributed by atoms with Crippen LogP contribution in [0.1, 0.15) is 51.7 Å². The van der Waals surface area contributed by atoms with Crippen LogP contribution in [0.2, 0.25) is 0 Å². The van der Waals surface area contributed by atoms with Crippen molar-refractivity contribution in [3.63, 3.8) is 0 Å². The third kappa shape index (κ3) is 9.32. The van der Waals surface area contributed by atoms with Gasteiger partial charge in [0.15, 0.2) is 0 Å². The van der Waals surface area contributed by atoms with E-state index < -0.39 is 0 Å². The van der Waals surface area contributed by atoms with E-state index >= 15 is 0 Å². The molecular weight excluding hydrogens is 408 g/mol. The normalized spacial score (nSPS) is 11.7. The van der Waals surface area contributed by atoms with Crippen molar-refractivity contribution >= 4 is 34.5 Å². The summed E-state index contributed by atoms with van der Waals surface area (Å²) in [5, 5.41) is 21.1. The molecule has 0 aromatic carbocycles. The van der Waals surface area contributed by atoms with Gasteiger partial charge in [-0.15, -0.1) is 17.1 Å². The van der Waals surface area contributed by atoms with E-state index in [9.17, 15) is 10.2 Å². The minimum absolute atomic E-state index is 0. The van der Waals surface area contributed by atoms with Crippen LogP contribution in [0, 0.1) is 45.7 Å². The fraction of sp³-hybridized carbons (Fsp3) is 0.217. The van der Waals surface area contributed by atoms with Crippen molar-refractivity contribution in [3.8, 4) is 0 Å². The molecule has 32 heavy (non-hydrogen) atoms. The molecule has 2 heterocycles. The van der Waals surface area contributed by atoms with E-state index in [0.717, 1.165) is 28.8 Å². The van der Waals surface area contributed by atoms with Crippen LogP contribution >= 0.6 is 11.3 Å². The fourth-order valence-electron chi connectivity index (χ4n) is 2.45. The van der Waals surface area contributed by atoms with Gasteiger partial charge in [0.05, 0.1) is 0 Å². The number of hydrogen-bond acceptors (Lipinski definition) is 5. The Morgan fingerprint density at radius 2 is 2.03 bits per heavy atom. The summed E-state index contributed by atoms with van der Waals surface area (Å²) in [6.45, 7) is 13.0. The number of nitrogens with zero attached hydrogens (tertiary/aromatic N) is 2. The van der Waals surface area contributed by atoms with E-state index in [-0.39, 0.29) is 62.7 Å². The van der Waals surface area contributed by atoms with Gasteiger partial charge in [0, 0.05) is 5.71 Å². The molecule has 6 nitrogen and oxygen atoms in total. The monoisotopic (exact) mass is 435 g/mol. The molecule has 9 heteroatoms. The van der Waals surface area contributed by atoms with Gasteiger partial charge >= 0.3 is 37.7 Å². The Bertz CT molecular complexity index is 952. The van der Waals surface area contributed by atoms with Gasteiger partial charge in [-0.3, -0.25) is 5.71 Å². The van der Waals surface area contributed by atoms with Crippen molar-refractivity contribution in [1.82, 2.24) is 10.3 Å². The molecule has 1 aliphatic carbocycles. The molecule has 2 aromatic heterocycles. The smallest absolute Gasteiger partial charge is 0.875 e. The van der Waals surface area contributed by atoms with Crippen molar-refractivity contribution in [1.29, 1.82) is 5.41 Å². The molecule has 3 rings (SSSR count). The Morgan fingerprint density at radius 3 is 2.53 bits per heavy atom. The van der Waals surface area contributed by atoms with Gasteiger partial charge < -0.3 is 46.0 Å². The first-order valence-corrected chi connectivity index (χ1v) is 9.92. The van der Waals surface area contributed by atoms with Gasteiger partial charge in [-0.25, -0.2) is 18.9 Å². The van der Waals surface area contributed by atoms with Crippen LogP contribution in [-0.4, -0.2) is 22.3 Å². The van der Waals surface area contributed by atoms with Crippen LogP contribution in [-0.2, 0) is 6.42 Å². The molecule has 1 saturated carbocycles. The quantitative estimate of drug-likeness (QED) is 0.221. The van der Waals surface area contributed by atoms with E-state index in [4.69, 9.17) is 11.1 Å². The molecule has 0 saturated heterocycles. The number of carbonyl (C=O) groups is 1. The Kier molecular flexibility index (Phi) is 15.2. The summed E-state index contributed by atoms with van der Waals surface area (Å²) in [4.78, 5) is 16.6. The Labute approximate surface area is 220 Å². The molecule has 0 spiro atoms. The van der Waals surface area contributed by atoms with Crippen LogP contribution in [0.15, 0.2) is 23.7 Å². The summed E-state index contributed by atoms with van der Waals surface area (Å²) in [6, 6.07) is 1.75. The third-order valence-corrected chi connectivity index (χ3v) is 5.14. The summed E-state index contributed by atoms with van der Waals surface area (Å²) < 4.78 is 0. The fourth-order valence-corrected chi connectivity index (χ4v) is 3.31. The summed E-state index contributed by atoms with van der Waals surface area (Å²) >= 11 is 1.43. The number of allylic oxidation sites excluding steroid dienone is 1. The van der Waals surface area contributed by atoms with Gasteiger partial charge in [-0.05, 0) is 17.9 Å². The number of amides is 1. The zero-order valence-corrected chi connectivity index (χ0v) is 20.2. The Hall–Kier alpha value is -1.87. The molecule has 0 aliphatic heterocycles. The average molecular weight is 435 g/mol. The van der Waals surface area contributed by atoms with Gasteiger partial charge in [-0.1, -0.05) is 30.5 Å². The van der Waals surface area contributed by atoms with Crippen molar-refractivity contribution < 1.29 is 42.5 Å². The van der Waals surface area contributed by atoms with Crippen molar-refractivity contribution in [3.05, 3.63) is 90.7 Å². The van der Waals surface area contributed by atoms with Crippen molar-refractivity contribution in [2.45, 2.75) is 26.2 Å². The predicted molar refractivity (Wildman–Crippen MR) is 126 cm³/mol. The number of carbonyl (C=O) groups excluding carboxylic acids is 1. The number of aromatic nitrogens is 1. The van der Waals surface area contributed by atoms with Gasteiger partial charge in [0.25, 0.3) is 0 Å². The first-order valence-electron chi connectivity index (χ1n) is 9.04. The predicted octanol–water partition coefficient (Wildman–Crippen LogP) is -1.53. The van der Waals surface area contributed by atoms with E-state index in [0.29, 0.717) is 29.1 Å². The van der Waals surface area contributed by atoms with Crippen molar-refractivity contribution in [2.75, 3.05) is 5.73 Å². The molecule has 1 aliphatic rings. The van der Waals surface area contributed by atoms with Crippen molar-refractivity contribution in [2.24, 2.45) is 5.92 Å². The van der Waals surface area contributed by atoms with Gasteiger partial charge in [-0.2, -0.15) is 29.9 Å². The number of thiophene rings is 1. The topological polar surface area (TPSA) is 114 Å². The Morgan fingerprint density at radius 1 is 1.41 bits per heavy atom.